The van der Waals surface area contributed by atoms with Crippen molar-refractivity contribution in [2.24, 2.45) is 7.05 Å². The van der Waals surface area contributed by atoms with E-state index in [4.69, 9.17) is 0 Å². The molecule has 2 heterocycles. The molecule has 2 N–H and O–H groups in total. The molecule has 0 aliphatic heterocycles. The molecule has 3 aromatic rings. The molecule has 0 atom stereocenters. The van der Waals surface area contributed by atoms with Gasteiger partial charge in [-0.2, -0.15) is 10.2 Å². The van der Waals surface area contributed by atoms with Gasteiger partial charge in [0, 0.05) is 31.8 Å². The molecule has 1 aromatic carbocycles. The maximum absolute atomic E-state index is 12.4. The number of aryl methyl sites for hydroxylation is 1. The minimum atomic E-state index is -0.402. The largest absolute Gasteiger partial charge is 0.311 e. The summed E-state index contributed by atoms with van der Waals surface area (Å²) in [5.41, 5.74) is 0.923. The Bertz CT molecular complexity index is 897. The van der Waals surface area contributed by atoms with E-state index in [9.17, 15) is 9.59 Å². The molecule has 0 unspecified atom stereocenters. The highest BCUT2D eigenvalue weighted by Gasteiger charge is 2.17. The molecule has 0 aliphatic rings. The van der Waals surface area contributed by atoms with Gasteiger partial charge in [-0.25, -0.2) is 4.68 Å². The molecule has 3 rings (SSSR count). The van der Waals surface area contributed by atoms with E-state index in [2.05, 4.69) is 20.8 Å². The molecule has 8 heteroatoms. The highest BCUT2D eigenvalue weighted by atomic mass is 16.2. The van der Waals surface area contributed by atoms with E-state index in [-0.39, 0.29) is 11.6 Å². The predicted octanol–water partition coefficient (Wildman–Crippen LogP) is 2.21. The van der Waals surface area contributed by atoms with Gasteiger partial charge in [-0.15, -0.1) is 0 Å². The first-order valence-corrected chi connectivity index (χ1v) is 7.83. The van der Waals surface area contributed by atoms with Crippen LogP contribution in [0, 0.1) is 0 Å². The van der Waals surface area contributed by atoms with Crippen molar-refractivity contribution >= 4 is 23.5 Å². The van der Waals surface area contributed by atoms with Gasteiger partial charge in [0.1, 0.15) is 5.82 Å². The molecule has 8 nitrogen and oxygen atoms in total. The summed E-state index contributed by atoms with van der Waals surface area (Å²) in [5.74, 6) is 0.305. The summed E-state index contributed by atoms with van der Waals surface area (Å²) < 4.78 is 3.12. The number of hydrogen-bond donors (Lipinski definition) is 2. The van der Waals surface area contributed by atoms with Crippen molar-refractivity contribution in [3.05, 3.63) is 54.4 Å². The third-order valence-corrected chi connectivity index (χ3v) is 3.49. The fourth-order valence-electron chi connectivity index (χ4n) is 2.24. The van der Waals surface area contributed by atoms with Gasteiger partial charge in [0.15, 0.2) is 11.5 Å². The van der Waals surface area contributed by atoms with Gasteiger partial charge >= 0.3 is 0 Å². The Kier molecular flexibility index (Phi) is 4.60. The van der Waals surface area contributed by atoms with Crippen LogP contribution in [0.1, 0.15) is 23.8 Å². The van der Waals surface area contributed by atoms with Crippen molar-refractivity contribution in [1.82, 2.24) is 19.6 Å². The molecule has 0 aliphatic carbocycles. The highest BCUT2D eigenvalue weighted by Crippen LogP contribution is 2.18. The van der Waals surface area contributed by atoms with Gasteiger partial charge in [-0.3, -0.25) is 14.3 Å². The van der Waals surface area contributed by atoms with Crippen molar-refractivity contribution in [2.45, 2.75) is 13.3 Å². The quantitative estimate of drug-likeness (QED) is 0.746. The van der Waals surface area contributed by atoms with Crippen LogP contribution in [-0.4, -0.2) is 31.4 Å². The third-order valence-electron chi connectivity index (χ3n) is 3.49. The number of aromatic nitrogens is 4. The summed E-state index contributed by atoms with van der Waals surface area (Å²) in [4.78, 5) is 24.2. The highest BCUT2D eigenvalue weighted by molar-refractivity contribution is 6.03. The second-order valence-electron chi connectivity index (χ2n) is 5.39. The maximum atomic E-state index is 12.4. The van der Waals surface area contributed by atoms with Crippen molar-refractivity contribution < 1.29 is 9.59 Å². The maximum Gasteiger partial charge on any atom is 0.277 e. The second kappa shape index (κ2) is 7.00. The zero-order valence-corrected chi connectivity index (χ0v) is 13.9. The number of rotatable bonds is 5. The molecule has 128 valence electrons. The Balaban J connectivity index is 1.92. The van der Waals surface area contributed by atoms with E-state index in [1.165, 1.54) is 4.68 Å². The van der Waals surface area contributed by atoms with Crippen LogP contribution < -0.4 is 10.6 Å². The lowest BCUT2D eigenvalue weighted by atomic mass is 10.3. The number of hydrogen-bond acceptors (Lipinski definition) is 4. The number of amides is 2. The first-order chi connectivity index (χ1) is 12.1. The number of anilines is 2. The van der Waals surface area contributed by atoms with Crippen LogP contribution in [0.3, 0.4) is 0 Å². The lowest BCUT2D eigenvalue weighted by molar-refractivity contribution is -0.115. The van der Waals surface area contributed by atoms with Crippen LogP contribution in [-0.2, 0) is 11.8 Å². The van der Waals surface area contributed by atoms with E-state index >= 15 is 0 Å². The zero-order valence-electron chi connectivity index (χ0n) is 13.9. The van der Waals surface area contributed by atoms with E-state index in [1.807, 2.05) is 30.3 Å². The van der Waals surface area contributed by atoms with Crippen LogP contribution in [0.15, 0.2) is 48.7 Å². The van der Waals surface area contributed by atoms with Crippen molar-refractivity contribution in [3.63, 3.8) is 0 Å². The minimum absolute atomic E-state index is 0.159. The first-order valence-electron chi connectivity index (χ1n) is 7.83. The summed E-state index contributed by atoms with van der Waals surface area (Å²) in [7, 11) is 1.76. The lowest BCUT2D eigenvalue weighted by Gasteiger charge is -2.07. The van der Waals surface area contributed by atoms with Crippen LogP contribution in [0.25, 0.3) is 5.69 Å². The van der Waals surface area contributed by atoms with E-state index < -0.39 is 5.91 Å². The molecule has 0 spiro atoms. The van der Waals surface area contributed by atoms with Gasteiger partial charge in [0.05, 0.1) is 5.69 Å². The number of carbonyl (C=O) groups excluding carboxylic acids is 2. The summed E-state index contributed by atoms with van der Waals surface area (Å²) >= 11 is 0. The zero-order chi connectivity index (χ0) is 17.8. The predicted molar refractivity (Wildman–Crippen MR) is 93.6 cm³/mol. The summed E-state index contributed by atoms with van der Waals surface area (Å²) in [6.07, 6.45) is 2.06. The molecular weight excluding hydrogens is 320 g/mol. The monoisotopic (exact) mass is 338 g/mol. The van der Waals surface area contributed by atoms with Gasteiger partial charge in [0.25, 0.3) is 5.91 Å². The smallest absolute Gasteiger partial charge is 0.277 e. The standard InChI is InChI=1S/C17H18N6O2/c1-3-16(24)19-15-11-13(17(25)18-14-9-10-22(2)21-14)20-23(15)12-7-5-4-6-8-12/h4-11H,3H2,1-2H3,(H,19,24)(H,18,21,25). The number of nitrogens with one attached hydrogen (secondary N) is 2. The summed E-state index contributed by atoms with van der Waals surface area (Å²) in [6.45, 7) is 1.76. The molecular formula is C17H18N6O2. The van der Waals surface area contributed by atoms with Crippen molar-refractivity contribution in [1.29, 1.82) is 0 Å². The van der Waals surface area contributed by atoms with Gasteiger partial charge in [0.2, 0.25) is 5.91 Å². The van der Waals surface area contributed by atoms with Crippen molar-refractivity contribution in [3.8, 4) is 5.69 Å². The third kappa shape index (κ3) is 3.74. The summed E-state index contributed by atoms with van der Waals surface area (Å²) in [6, 6.07) is 12.5. The summed E-state index contributed by atoms with van der Waals surface area (Å²) in [5, 5.41) is 13.9. The Morgan fingerprint density at radius 2 is 1.84 bits per heavy atom. The Morgan fingerprint density at radius 3 is 2.48 bits per heavy atom. The van der Waals surface area contributed by atoms with Crippen LogP contribution in [0.2, 0.25) is 0 Å². The molecule has 2 amide bonds. The van der Waals surface area contributed by atoms with Crippen LogP contribution >= 0.6 is 0 Å². The fourth-order valence-corrected chi connectivity index (χ4v) is 2.24. The average molecular weight is 338 g/mol. The Morgan fingerprint density at radius 1 is 1.08 bits per heavy atom. The second-order valence-corrected chi connectivity index (χ2v) is 5.39. The van der Waals surface area contributed by atoms with Crippen LogP contribution in [0.4, 0.5) is 11.6 Å². The van der Waals surface area contributed by atoms with Gasteiger partial charge in [-0.1, -0.05) is 25.1 Å². The number of benzene rings is 1. The molecule has 2 aromatic heterocycles. The average Bonchev–Trinajstić information content (AvgIpc) is 3.22. The van der Waals surface area contributed by atoms with Gasteiger partial charge < -0.3 is 10.6 Å². The van der Waals surface area contributed by atoms with Crippen LogP contribution in [0.5, 0.6) is 0 Å². The number of nitrogens with zero attached hydrogens (tertiary/aromatic N) is 4. The van der Waals surface area contributed by atoms with E-state index in [0.717, 1.165) is 5.69 Å². The number of para-hydroxylation sites is 1. The molecule has 0 saturated carbocycles. The molecule has 0 bridgehead atoms. The molecule has 25 heavy (non-hydrogen) atoms. The molecule has 0 saturated heterocycles. The van der Waals surface area contributed by atoms with Gasteiger partial charge in [-0.05, 0) is 12.1 Å². The molecule has 0 fully saturated rings. The minimum Gasteiger partial charge on any atom is -0.311 e. The Labute approximate surface area is 144 Å². The first kappa shape index (κ1) is 16.4. The van der Waals surface area contributed by atoms with E-state index in [0.29, 0.717) is 18.1 Å². The Hall–Kier alpha value is -3.42. The fraction of sp³-hybridized carbons (Fsp3) is 0.176. The normalized spacial score (nSPS) is 10.5. The SMILES string of the molecule is CCC(=O)Nc1cc(C(=O)Nc2ccn(C)n2)nn1-c1ccccc1. The van der Waals surface area contributed by atoms with E-state index in [1.54, 1.807) is 37.0 Å². The van der Waals surface area contributed by atoms with Crippen molar-refractivity contribution in [2.75, 3.05) is 10.6 Å². The lowest BCUT2D eigenvalue weighted by Crippen LogP contribution is -2.14. The topological polar surface area (TPSA) is 93.8 Å². The molecule has 0 radical (unpaired) electrons. The number of carbonyl (C=O) groups is 2.